The highest BCUT2D eigenvalue weighted by Crippen LogP contribution is 2.19. The van der Waals surface area contributed by atoms with Gasteiger partial charge in [0.05, 0.1) is 11.4 Å². The SMILES string of the molecule is CC1=NN(C(N)=S)C(=O)[C@@H]1N=Nc1ccc(C(=O)c2ccccc2)cc1. The molecule has 1 heterocycles. The molecule has 1 atom stereocenters. The lowest BCUT2D eigenvalue weighted by Gasteiger charge is -2.08. The summed E-state index contributed by atoms with van der Waals surface area (Å²) in [6.07, 6.45) is 0. The first-order chi connectivity index (χ1) is 12.5. The van der Waals surface area contributed by atoms with Gasteiger partial charge < -0.3 is 5.73 Å². The molecule has 7 nitrogen and oxygen atoms in total. The smallest absolute Gasteiger partial charge is 0.282 e. The largest absolute Gasteiger partial charge is 0.374 e. The Morgan fingerprint density at radius 2 is 1.73 bits per heavy atom. The zero-order chi connectivity index (χ0) is 18.7. The normalized spacial score (nSPS) is 16.8. The molecular formula is C18H15N5O2S. The lowest BCUT2D eigenvalue weighted by atomic mass is 10.0. The van der Waals surface area contributed by atoms with Crippen molar-refractivity contribution in [3.8, 4) is 0 Å². The summed E-state index contributed by atoms with van der Waals surface area (Å²) in [6.45, 7) is 1.65. The lowest BCUT2D eigenvalue weighted by Crippen LogP contribution is -2.37. The van der Waals surface area contributed by atoms with Crippen molar-refractivity contribution in [1.82, 2.24) is 5.01 Å². The number of azo groups is 1. The number of hydrazone groups is 1. The number of carbonyl (C=O) groups excluding carboxylic acids is 2. The fourth-order valence-corrected chi connectivity index (χ4v) is 2.54. The summed E-state index contributed by atoms with van der Waals surface area (Å²) in [6, 6.07) is 14.8. The standard InChI is InChI=1S/C18H15N5O2S/c1-11-15(17(25)23(22-11)18(19)26)21-20-14-9-7-13(8-10-14)16(24)12-5-3-2-4-6-12/h2-10,15H,1H3,(H2,19,26)/t15-/m1/s1. The summed E-state index contributed by atoms with van der Waals surface area (Å²) >= 11 is 4.77. The molecular weight excluding hydrogens is 350 g/mol. The third-order valence-electron chi connectivity index (χ3n) is 3.76. The Hall–Kier alpha value is -3.26. The quantitative estimate of drug-likeness (QED) is 0.511. The minimum absolute atomic E-state index is 0.0739. The molecule has 0 saturated heterocycles. The molecule has 8 heteroatoms. The van der Waals surface area contributed by atoms with E-state index in [0.29, 0.717) is 22.5 Å². The molecule has 0 radical (unpaired) electrons. The van der Waals surface area contributed by atoms with Crippen LogP contribution in [0.5, 0.6) is 0 Å². The number of hydrogen-bond acceptors (Lipinski definition) is 6. The van der Waals surface area contributed by atoms with E-state index in [1.165, 1.54) is 0 Å². The van der Waals surface area contributed by atoms with Crippen LogP contribution in [0.15, 0.2) is 69.9 Å². The average Bonchev–Trinajstić information content (AvgIpc) is 2.95. The number of benzene rings is 2. The number of nitrogens with two attached hydrogens (primary N) is 1. The highest BCUT2D eigenvalue weighted by molar-refractivity contribution is 7.80. The molecule has 0 saturated carbocycles. The van der Waals surface area contributed by atoms with Gasteiger partial charge in [-0.25, -0.2) is 0 Å². The Morgan fingerprint density at radius 1 is 1.12 bits per heavy atom. The predicted octanol–water partition coefficient (Wildman–Crippen LogP) is 2.83. The second-order valence-electron chi connectivity index (χ2n) is 5.59. The number of hydrogen-bond donors (Lipinski definition) is 1. The molecule has 2 aromatic rings. The molecule has 0 unspecified atom stereocenters. The van der Waals surface area contributed by atoms with Crippen molar-refractivity contribution in [1.29, 1.82) is 0 Å². The Balaban J connectivity index is 1.73. The molecule has 3 rings (SSSR count). The van der Waals surface area contributed by atoms with Crippen LogP contribution in [0, 0.1) is 0 Å². The topological polar surface area (TPSA) is 100 Å². The minimum Gasteiger partial charge on any atom is -0.374 e. The zero-order valence-corrected chi connectivity index (χ0v) is 14.7. The fourth-order valence-electron chi connectivity index (χ4n) is 2.41. The van der Waals surface area contributed by atoms with Gasteiger partial charge in [0.1, 0.15) is 0 Å². The Morgan fingerprint density at radius 3 is 2.31 bits per heavy atom. The van der Waals surface area contributed by atoms with Crippen LogP contribution in [0.3, 0.4) is 0 Å². The molecule has 0 aliphatic carbocycles. The first-order valence-electron chi connectivity index (χ1n) is 7.76. The van der Waals surface area contributed by atoms with Gasteiger partial charge >= 0.3 is 0 Å². The monoisotopic (exact) mass is 365 g/mol. The summed E-state index contributed by atoms with van der Waals surface area (Å²) in [4.78, 5) is 24.5. The van der Waals surface area contributed by atoms with Gasteiger partial charge in [-0.2, -0.15) is 20.3 Å². The molecule has 2 aromatic carbocycles. The van der Waals surface area contributed by atoms with Crippen LogP contribution in [0.4, 0.5) is 5.69 Å². The fraction of sp³-hybridized carbons (Fsp3) is 0.111. The average molecular weight is 365 g/mol. The summed E-state index contributed by atoms with van der Waals surface area (Å²) in [7, 11) is 0. The summed E-state index contributed by atoms with van der Waals surface area (Å²) in [5, 5.41) is 12.9. The predicted molar refractivity (Wildman–Crippen MR) is 101 cm³/mol. The first kappa shape index (κ1) is 17.6. The van der Waals surface area contributed by atoms with Gasteiger partial charge in [0.25, 0.3) is 5.91 Å². The maximum atomic E-state index is 12.4. The van der Waals surface area contributed by atoms with Crippen LogP contribution in [0.25, 0.3) is 0 Å². The lowest BCUT2D eigenvalue weighted by molar-refractivity contribution is -0.126. The number of carbonyl (C=O) groups is 2. The Labute approximate surface area is 155 Å². The molecule has 0 fully saturated rings. The van der Waals surface area contributed by atoms with Crippen LogP contribution in [0.1, 0.15) is 22.8 Å². The Kier molecular flexibility index (Phi) is 4.94. The van der Waals surface area contributed by atoms with E-state index in [2.05, 4.69) is 15.3 Å². The molecule has 2 N–H and O–H groups in total. The molecule has 1 amide bonds. The number of ketones is 1. The van der Waals surface area contributed by atoms with Gasteiger partial charge in [-0.15, -0.1) is 0 Å². The van der Waals surface area contributed by atoms with Crippen molar-refractivity contribution in [2.45, 2.75) is 13.0 Å². The van der Waals surface area contributed by atoms with Crippen molar-refractivity contribution in [3.63, 3.8) is 0 Å². The van der Waals surface area contributed by atoms with E-state index in [4.69, 9.17) is 18.0 Å². The molecule has 1 aliphatic rings. The highest BCUT2D eigenvalue weighted by Gasteiger charge is 2.35. The van der Waals surface area contributed by atoms with Crippen molar-refractivity contribution < 1.29 is 9.59 Å². The van der Waals surface area contributed by atoms with Gasteiger partial charge in [-0.05, 0) is 43.4 Å². The van der Waals surface area contributed by atoms with Gasteiger partial charge in [0.15, 0.2) is 16.9 Å². The third kappa shape index (κ3) is 3.55. The number of rotatable bonds is 4. The zero-order valence-electron chi connectivity index (χ0n) is 13.9. The molecule has 1 aliphatic heterocycles. The van der Waals surface area contributed by atoms with Crippen LogP contribution in [0.2, 0.25) is 0 Å². The second kappa shape index (κ2) is 7.32. The van der Waals surface area contributed by atoms with Crippen LogP contribution in [-0.4, -0.2) is 33.6 Å². The number of amides is 1. The summed E-state index contributed by atoms with van der Waals surface area (Å²) < 4.78 is 0. The second-order valence-corrected chi connectivity index (χ2v) is 6.01. The minimum atomic E-state index is -0.845. The van der Waals surface area contributed by atoms with Crippen molar-refractivity contribution in [3.05, 3.63) is 65.7 Å². The van der Waals surface area contributed by atoms with Gasteiger partial charge in [-0.1, -0.05) is 30.3 Å². The maximum absolute atomic E-state index is 12.4. The van der Waals surface area contributed by atoms with E-state index in [-0.39, 0.29) is 10.9 Å². The van der Waals surface area contributed by atoms with E-state index < -0.39 is 11.9 Å². The number of nitrogens with zero attached hydrogens (tertiary/aromatic N) is 4. The van der Waals surface area contributed by atoms with Crippen LogP contribution < -0.4 is 5.73 Å². The van der Waals surface area contributed by atoms with Gasteiger partial charge in [-0.3, -0.25) is 9.59 Å². The molecule has 0 bridgehead atoms. The van der Waals surface area contributed by atoms with Crippen molar-refractivity contribution in [2.75, 3.05) is 0 Å². The summed E-state index contributed by atoms with van der Waals surface area (Å²) in [5.74, 6) is -0.509. The molecule has 130 valence electrons. The molecule has 26 heavy (non-hydrogen) atoms. The maximum Gasteiger partial charge on any atom is 0.282 e. The third-order valence-corrected chi connectivity index (χ3v) is 3.93. The van der Waals surface area contributed by atoms with E-state index in [1.807, 2.05) is 18.2 Å². The van der Waals surface area contributed by atoms with E-state index in [9.17, 15) is 9.59 Å². The first-order valence-corrected chi connectivity index (χ1v) is 8.17. The summed E-state index contributed by atoms with van der Waals surface area (Å²) in [5.41, 5.74) is 7.58. The van der Waals surface area contributed by atoms with Crippen LogP contribution in [-0.2, 0) is 4.79 Å². The Bertz CT molecular complexity index is 922. The van der Waals surface area contributed by atoms with Crippen LogP contribution >= 0.6 is 12.2 Å². The highest BCUT2D eigenvalue weighted by atomic mass is 32.1. The van der Waals surface area contributed by atoms with E-state index >= 15 is 0 Å². The number of thiocarbonyl (C=S) groups is 1. The van der Waals surface area contributed by atoms with Gasteiger partial charge in [0, 0.05) is 11.1 Å². The van der Waals surface area contributed by atoms with Crippen molar-refractivity contribution in [2.24, 2.45) is 21.1 Å². The van der Waals surface area contributed by atoms with Crippen molar-refractivity contribution >= 4 is 40.4 Å². The van der Waals surface area contributed by atoms with Gasteiger partial charge in [0.2, 0.25) is 0 Å². The molecule has 0 aromatic heterocycles. The van der Waals surface area contributed by atoms with E-state index in [0.717, 1.165) is 5.01 Å². The van der Waals surface area contributed by atoms with E-state index in [1.54, 1.807) is 43.3 Å². The molecule has 0 spiro atoms.